The van der Waals surface area contributed by atoms with Gasteiger partial charge in [0.25, 0.3) is 20.0 Å². The van der Waals surface area contributed by atoms with Crippen molar-refractivity contribution in [1.82, 2.24) is 57.8 Å². The summed E-state index contributed by atoms with van der Waals surface area (Å²) in [5, 5.41) is 7.94. The first-order valence-corrected chi connectivity index (χ1v) is 41.9. The molecule has 25 heteroatoms. The molecule has 608 valence electrons. The summed E-state index contributed by atoms with van der Waals surface area (Å²) in [6.45, 7) is 38.3. The monoisotopic (exact) mass is 1610 g/mol. The van der Waals surface area contributed by atoms with E-state index in [-0.39, 0.29) is 32.6 Å². The van der Waals surface area contributed by atoms with Crippen molar-refractivity contribution in [2.24, 2.45) is 11.3 Å². The Bertz CT molecular complexity index is 6110. The van der Waals surface area contributed by atoms with Gasteiger partial charge in [0.1, 0.15) is 11.6 Å². The summed E-state index contributed by atoms with van der Waals surface area (Å²) in [6, 6.07) is 56.7. The molecule has 7 heterocycles. The van der Waals surface area contributed by atoms with Crippen molar-refractivity contribution in [2.75, 3.05) is 45.8 Å². The van der Waals surface area contributed by atoms with Crippen LogP contribution in [0.2, 0.25) is 0 Å². The summed E-state index contributed by atoms with van der Waals surface area (Å²) in [4.78, 5) is 43.7. The van der Waals surface area contributed by atoms with E-state index in [1.807, 2.05) is 84.0 Å². The molecule has 7 aromatic carbocycles. The summed E-state index contributed by atoms with van der Waals surface area (Å²) in [5.74, 6) is 3.02. The Morgan fingerprint density at radius 3 is 1.13 bits per heavy atom. The quantitative estimate of drug-likeness (QED) is 0.0445. The normalized spacial score (nSPS) is 11.5. The van der Waals surface area contributed by atoms with Crippen LogP contribution in [0.4, 0.5) is 41.4 Å². The van der Waals surface area contributed by atoms with Gasteiger partial charge in [-0.05, 0) is 202 Å². The van der Waals surface area contributed by atoms with E-state index in [1.54, 1.807) is 85.2 Å². The SMILES string of the molecule is CCCc1cc(-c2cccc(C)c2C)nc(N)n1.CCNc1cc(-c2cn(S(=O)(=O)c3ccc(C)cc3)c3ccccc23)nc(N)n1.Cc1ccc(S(=O)(=O)n2cc(-c3cc(NC(C)(C)C)nc(N)n3)c3ccccc32)cc1.Cc1cccc(-c2cc(CC(C)(C)C)nc(N)n2)c1C.Cc1cccc(-c2cc(CC(C)C)nc(N)n2)c1C. The van der Waals surface area contributed by atoms with E-state index in [9.17, 15) is 16.8 Å². The molecule has 7 aromatic heterocycles. The number of hydrogen-bond donors (Lipinski definition) is 7. The minimum absolute atomic E-state index is 0.113. The molecule has 14 rings (SSSR count). The first-order chi connectivity index (χ1) is 55.3. The smallest absolute Gasteiger partial charge is 0.268 e. The number of nitrogens with one attached hydrogen (secondary N) is 2. The summed E-state index contributed by atoms with van der Waals surface area (Å²) in [5.41, 5.74) is 51.6. The van der Waals surface area contributed by atoms with Crippen molar-refractivity contribution in [3.63, 3.8) is 0 Å². The van der Waals surface area contributed by atoms with Crippen molar-refractivity contribution in [2.45, 2.75) is 166 Å². The van der Waals surface area contributed by atoms with E-state index in [0.717, 1.165) is 98.4 Å². The molecule has 0 atom stereocenters. The maximum absolute atomic E-state index is 13.4. The number of para-hydroxylation sites is 2. The van der Waals surface area contributed by atoms with E-state index >= 15 is 0 Å². The first-order valence-electron chi connectivity index (χ1n) is 39.1. The van der Waals surface area contributed by atoms with E-state index in [2.05, 4.69) is 210 Å². The summed E-state index contributed by atoms with van der Waals surface area (Å²) in [7, 11) is -7.57. The molecule has 0 amide bonds. The number of hydrogen-bond acceptors (Lipinski definition) is 21. The molecule has 0 aliphatic heterocycles. The van der Waals surface area contributed by atoms with Gasteiger partial charge in [-0.15, -0.1) is 0 Å². The van der Waals surface area contributed by atoms with Crippen molar-refractivity contribution >= 4 is 83.2 Å². The van der Waals surface area contributed by atoms with Gasteiger partial charge in [0.15, 0.2) is 0 Å². The molecule has 0 spiro atoms. The Kier molecular flexibility index (Phi) is 27.5. The van der Waals surface area contributed by atoms with Crippen molar-refractivity contribution in [3.8, 4) is 56.3 Å². The van der Waals surface area contributed by atoms with Gasteiger partial charge in [-0.3, -0.25) is 0 Å². The number of nitrogens with two attached hydrogens (primary N) is 5. The number of rotatable bonds is 17. The van der Waals surface area contributed by atoms with Crippen LogP contribution in [0.15, 0.2) is 204 Å². The molecule has 12 N–H and O–H groups in total. The lowest BCUT2D eigenvalue weighted by Gasteiger charge is -2.21. The van der Waals surface area contributed by atoms with Crippen LogP contribution in [-0.2, 0) is 39.3 Å². The van der Waals surface area contributed by atoms with Gasteiger partial charge in [0, 0.05) is 92.3 Å². The predicted molar refractivity (Wildman–Crippen MR) is 480 cm³/mol. The summed E-state index contributed by atoms with van der Waals surface area (Å²) >= 11 is 0. The molecule has 0 radical (unpaired) electrons. The van der Waals surface area contributed by atoms with Crippen LogP contribution in [0, 0.1) is 66.7 Å². The third-order valence-corrected chi connectivity index (χ3v) is 22.7. The number of fused-ring (bicyclic) bond motifs is 2. The molecule has 0 bridgehead atoms. The van der Waals surface area contributed by atoms with Crippen LogP contribution in [-0.4, -0.2) is 86.7 Å². The Labute approximate surface area is 688 Å². The largest absolute Gasteiger partial charge is 0.370 e. The highest BCUT2D eigenvalue weighted by molar-refractivity contribution is 7.90. The standard InChI is InChI=1S/C23H25N5O2S.C21H21N5O2S.C17H23N3.C16H21N3.C15H19N3/c1-15-9-11-16(12-10-15)31(29,30)28-14-18(17-7-5-6-8-20(17)28)19-13-21(26-22(24)25-19)27-23(2,3)4;1-3-23-20-12-18(24-21(22)25-20)17-13-26(19-7-5-4-6-16(17)19)29(27,28)15-10-8-14(2)9-11-15;1-11-7-6-8-14(12(11)2)15-9-13(10-17(3,4)5)19-16(18)20-15;1-10(2)8-13-9-15(19-16(17)18-13)14-7-5-6-11(3)12(14)4;1-4-6-12-9-14(18-15(16)17-12)13-8-5-7-10(2)11(13)3/h5-14H,1-4H3,(H3,24,25,26,27);4-13H,3H2,1-2H3,(H3,22,23,24,25);6-9H,10H2,1-5H3,(H2,18,19,20);5-7,9-10H,8H2,1-4H3,(H2,17,18,19);5,7-9H,4,6H2,1-3H3,(H2,16,17,18). The maximum Gasteiger partial charge on any atom is 0.268 e. The highest BCUT2D eigenvalue weighted by atomic mass is 32.2. The Morgan fingerprint density at radius 1 is 0.393 bits per heavy atom. The van der Waals surface area contributed by atoms with E-state index in [4.69, 9.17) is 28.7 Å². The fourth-order valence-corrected chi connectivity index (χ4v) is 16.0. The Balaban J connectivity index is 0.000000157. The molecule has 23 nitrogen and oxygen atoms in total. The Morgan fingerprint density at radius 2 is 0.744 bits per heavy atom. The molecule has 0 saturated heterocycles. The first kappa shape index (κ1) is 86.9. The van der Waals surface area contributed by atoms with Crippen LogP contribution in [0.5, 0.6) is 0 Å². The van der Waals surface area contributed by atoms with Gasteiger partial charge in [-0.2, -0.15) is 9.97 Å². The van der Waals surface area contributed by atoms with Crippen LogP contribution < -0.4 is 39.3 Å². The number of nitrogens with zero attached hydrogens (tertiary/aromatic N) is 12. The zero-order chi connectivity index (χ0) is 85.0. The van der Waals surface area contributed by atoms with Gasteiger partial charge in [0.2, 0.25) is 29.7 Å². The Hall–Kier alpha value is -12.5. The molecular weight excluding hydrogens is 1500 g/mol. The fraction of sp³-hybridized carbons (Fsp3) is 0.283. The number of nitrogen functional groups attached to an aromatic ring is 5. The molecular formula is C92H109N19O4S2. The van der Waals surface area contributed by atoms with Crippen LogP contribution >= 0.6 is 0 Å². The van der Waals surface area contributed by atoms with Gasteiger partial charge in [0.05, 0.1) is 49.3 Å². The zero-order valence-corrected chi connectivity index (χ0v) is 71.9. The van der Waals surface area contributed by atoms with Crippen LogP contribution in [0.25, 0.3) is 78.1 Å². The molecule has 117 heavy (non-hydrogen) atoms. The number of aryl methyl sites for hydroxylation is 6. The van der Waals surface area contributed by atoms with Gasteiger partial charge >= 0.3 is 0 Å². The average Bonchev–Trinajstić information content (AvgIpc) is 1.60. The van der Waals surface area contributed by atoms with Gasteiger partial charge < -0.3 is 39.3 Å². The van der Waals surface area contributed by atoms with Gasteiger partial charge in [-0.25, -0.2) is 64.7 Å². The van der Waals surface area contributed by atoms with E-state index in [0.29, 0.717) is 75.5 Å². The minimum Gasteiger partial charge on any atom is -0.370 e. The lowest BCUT2D eigenvalue weighted by Crippen LogP contribution is -2.27. The second kappa shape index (κ2) is 37.0. The topological polar surface area (TPSA) is 361 Å². The maximum atomic E-state index is 13.4. The van der Waals surface area contributed by atoms with E-state index < -0.39 is 20.0 Å². The van der Waals surface area contributed by atoms with Crippen molar-refractivity contribution in [1.29, 1.82) is 0 Å². The number of benzene rings is 7. The van der Waals surface area contributed by atoms with E-state index in [1.165, 1.54) is 41.3 Å². The summed E-state index contributed by atoms with van der Waals surface area (Å²) < 4.78 is 56.1. The molecule has 0 aliphatic rings. The van der Waals surface area contributed by atoms with Crippen LogP contribution in [0.3, 0.4) is 0 Å². The molecule has 0 fully saturated rings. The third-order valence-electron chi connectivity index (χ3n) is 19.3. The lowest BCUT2D eigenvalue weighted by atomic mass is 9.90. The van der Waals surface area contributed by atoms with Crippen molar-refractivity contribution in [3.05, 3.63) is 256 Å². The average molecular weight is 1610 g/mol. The minimum atomic E-state index is -3.79. The highest BCUT2D eigenvalue weighted by Crippen LogP contribution is 2.37. The lowest BCUT2D eigenvalue weighted by molar-refractivity contribution is 0.406. The second-order valence-electron chi connectivity index (χ2n) is 31.9. The molecule has 14 aromatic rings. The molecule has 0 unspecified atom stereocenters. The third kappa shape index (κ3) is 22.1. The summed E-state index contributed by atoms with van der Waals surface area (Å²) in [6.07, 6.45) is 7.00. The van der Waals surface area contributed by atoms with Crippen molar-refractivity contribution < 1.29 is 16.8 Å². The number of anilines is 7. The second-order valence-corrected chi connectivity index (χ2v) is 35.5. The predicted octanol–water partition coefficient (Wildman–Crippen LogP) is 18.9. The zero-order valence-electron chi connectivity index (χ0n) is 70.3. The van der Waals surface area contributed by atoms with Crippen LogP contribution in [0.1, 0.15) is 137 Å². The number of aromatic nitrogens is 12. The highest BCUT2D eigenvalue weighted by Gasteiger charge is 2.26. The molecule has 0 saturated carbocycles. The molecule has 0 aliphatic carbocycles. The fourth-order valence-electron chi connectivity index (χ4n) is 13.3. The van der Waals surface area contributed by atoms with Gasteiger partial charge in [-0.1, -0.05) is 174 Å².